The van der Waals surface area contributed by atoms with E-state index in [1.807, 2.05) is 55.5 Å². The molecule has 0 radical (unpaired) electrons. The van der Waals surface area contributed by atoms with Crippen LogP contribution in [0.2, 0.25) is 0 Å². The van der Waals surface area contributed by atoms with Crippen LogP contribution in [0, 0.1) is 6.92 Å². The molecule has 0 saturated heterocycles. The monoisotopic (exact) mass is 408 g/mol. The predicted octanol–water partition coefficient (Wildman–Crippen LogP) is 5.13. The fourth-order valence-electron chi connectivity index (χ4n) is 3.21. The number of carbonyl (C=O) groups excluding carboxylic acids is 2. The average molecular weight is 408 g/mol. The predicted molar refractivity (Wildman–Crippen MR) is 122 cm³/mol. The van der Waals surface area contributed by atoms with E-state index in [1.54, 1.807) is 42.5 Å². The zero-order valence-corrected chi connectivity index (χ0v) is 16.9. The number of hydrazone groups is 1. The third-order valence-electron chi connectivity index (χ3n) is 4.76. The van der Waals surface area contributed by atoms with Crippen molar-refractivity contribution in [2.75, 3.05) is 0 Å². The van der Waals surface area contributed by atoms with Gasteiger partial charge >= 0.3 is 5.97 Å². The molecule has 0 spiro atoms. The zero-order chi connectivity index (χ0) is 21.6. The van der Waals surface area contributed by atoms with E-state index < -0.39 is 5.97 Å². The minimum Gasteiger partial charge on any atom is -0.423 e. The summed E-state index contributed by atoms with van der Waals surface area (Å²) in [7, 11) is 0. The Morgan fingerprint density at radius 2 is 1.61 bits per heavy atom. The van der Waals surface area contributed by atoms with E-state index in [4.69, 9.17) is 4.74 Å². The van der Waals surface area contributed by atoms with Crippen LogP contribution in [0.3, 0.4) is 0 Å². The van der Waals surface area contributed by atoms with E-state index in [0.29, 0.717) is 16.9 Å². The van der Waals surface area contributed by atoms with E-state index in [0.717, 1.165) is 21.9 Å². The molecule has 0 saturated carbocycles. The number of nitrogens with one attached hydrogen (secondary N) is 1. The first kappa shape index (κ1) is 20.0. The Labute approximate surface area is 180 Å². The molecule has 0 aliphatic heterocycles. The molecule has 0 aromatic heterocycles. The Bertz CT molecular complexity index is 1270. The largest absolute Gasteiger partial charge is 0.423 e. The highest BCUT2D eigenvalue weighted by Crippen LogP contribution is 2.18. The van der Waals surface area contributed by atoms with Gasteiger partial charge in [-0.05, 0) is 65.7 Å². The molecule has 0 fully saturated rings. The van der Waals surface area contributed by atoms with Crippen LogP contribution in [-0.4, -0.2) is 18.1 Å². The first-order valence-electron chi connectivity index (χ1n) is 9.80. The van der Waals surface area contributed by atoms with Crippen molar-refractivity contribution in [2.45, 2.75) is 6.92 Å². The van der Waals surface area contributed by atoms with Crippen LogP contribution in [0.5, 0.6) is 5.75 Å². The number of benzene rings is 4. The molecular formula is C26H20N2O3. The molecule has 0 bridgehead atoms. The summed E-state index contributed by atoms with van der Waals surface area (Å²) in [5.74, 6) is -0.257. The standard InChI is InChI=1S/C26H20N2O3/c1-18-6-4-9-21(16-18)26(30)31-22-14-12-19(13-15-22)17-27-28-25(29)24-11-5-8-20-7-2-3-10-23(20)24/h2-17H,1H3,(H,28,29)/b27-17+. The van der Waals surface area contributed by atoms with Crippen molar-refractivity contribution in [1.82, 2.24) is 5.43 Å². The molecule has 1 N–H and O–H groups in total. The van der Waals surface area contributed by atoms with Gasteiger partial charge in [-0.25, -0.2) is 10.2 Å². The number of aryl methyl sites for hydroxylation is 1. The molecular weight excluding hydrogens is 388 g/mol. The van der Waals surface area contributed by atoms with E-state index in [2.05, 4.69) is 10.5 Å². The second-order valence-electron chi connectivity index (χ2n) is 7.05. The summed E-state index contributed by atoms with van der Waals surface area (Å²) in [5.41, 5.74) is 5.37. The van der Waals surface area contributed by atoms with Gasteiger partial charge in [0.15, 0.2) is 0 Å². The maximum Gasteiger partial charge on any atom is 0.343 e. The Morgan fingerprint density at radius 1 is 0.871 bits per heavy atom. The molecule has 152 valence electrons. The van der Waals surface area contributed by atoms with E-state index in [-0.39, 0.29) is 5.91 Å². The molecule has 4 rings (SSSR count). The minimum atomic E-state index is -0.410. The van der Waals surface area contributed by atoms with Gasteiger partial charge in [0.25, 0.3) is 5.91 Å². The van der Waals surface area contributed by atoms with Gasteiger partial charge in [0.1, 0.15) is 5.75 Å². The van der Waals surface area contributed by atoms with Crippen molar-refractivity contribution >= 4 is 28.9 Å². The average Bonchev–Trinajstić information content (AvgIpc) is 2.79. The van der Waals surface area contributed by atoms with Gasteiger partial charge in [-0.15, -0.1) is 0 Å². The second-order valence-corrected chi connectivity index (χ2v) is 7.05. The summed E-state index contributed by atoms with van der Waals surface area (Å²) in [4.78, 5) is 24.7. The number of rotatable bonds is 5. The highest BCUT2D eigenvalue weighted by atomic mass is 16.5. The summed E-state index contributed by atoms with van der Waals surface area (Å²) >= 11 is 0. The summed E-state index contributed by atoms with van der Waals surface area (Å²) in [6.45, 7) is 1.92. The molecule has 0 aliphatic carbocycles. The SMILES string of the molecule is Cc1cccc(C(=O)Oc2ccc(/C=N/NC(=O)c3cccc4ccccc34)cc2)c1. The normalized spacial score (nSPS) is 10.9. The molecule has 0 heterocycles. The van der Waals surface area contributed by atoms with Crippen molar-refractivity contribution in [3.05, 3.63) is 113 Å². The van der Waals surface area contributed by atoms with Gasteiger partial charge in [0, 0.05) is 5.56 Å². The molecule has 1 amide bonds. The number of nitrogens with zero attached hydrogens (tertiary/aromatic N) is 1. The van der Waals surface area contributed by atoms with Gasteiger partial charge in [-0.3, -0.25) is 4.79 Å². The molecule has 5 heteroatoms. The van der Waals surface area contributed by atoms with Crippen LogP contribution in [0.1, 0.15) is 31.8 Å². The summed E-state index contributed by atoms with van der Waals surface area (Å²) < 4.78 is 5.40. The lowest BCUT2D eigenvalue weighted by atomic mass is 10.0. The Morgan fingerprint density at radius 3 is 2.42 bits per heavy atom. The van der Waals surface area contributed by atoms with Crippen LogP contribution < -0.4 is 10.2 Å². The molecule has 4 aromatic rings. The van der Waals surface area contributed by atoms with Crippen molar-refractivity contribution in [1.29, 1.82) is 0 Å². The number of fused-ring (bicyclic) bond motifs is 1. The van der Waals surface area contributed by atoms with Crippen molar-refractivity contribution in [2.24, 2.45) is 5.10 Å². The Kier molecular flexibility index (Phi) is 5.85. The third-order valence-corrected chi connectivity index (χ3v) is 4.76. The van der Waals surface area contributed by atoms with Crippen LogP contribution >= 0.6 is 0 Å². The van der Waals surface area contributed by atoms with E-state index >= 15 is 0 Å². The van der Waals surface area contributed by atoms with Gasteiger partial charge in [0.2, 0.25) is 0 Å². The topological polar surface area (TPSA) is 67.8 Å². The number of amides is 1. The molecule has 0 unspecified atom stereocenters. The lowest BCUT2D eigenvalue weighted by Crippen LogP contribution is -2.17. The molecule has 5 nitrogen and oxygen atoms in total. The van der Waals surface area contributed by atoms with Crippen molar-refractivity contribution in [3.63, 3.8) is 0 Å². The van der Waals surface area contributed by atoms with Crippen molar-refractivity contribution < 1.29 is 14.3 Å². The highest BCUT2D eigenvalue weighted by molar-refractivity contribution is 6.07. The van der Waals surface area contributed by atoms with E-state index in [1.165, 1.54) is 6.21 Å². The second kappa shape index (κ2) is 9.05. The van der Waals surface area contributed by atoms with Crippen LogP contribution in [-0.2, 0) is 0 Å². The number of esters is 1. The molecule has 0 aliphatic rings. The number of ether oxygens (including phenoxy) is 1. The number of hydrogen-bond donors (Lipinski definition) is 1. The van der Waals surface area contributed by atoms with E-state index in [9.17, 15) is 9.59 Å². The maximum atomic E-state index is 12.5. The fourth-order valence-corrected chi connectivity index (χ4v) is 3.21. The minimum absolute atomic E-state index is 0.281. The lowest BCUT2D eigenvalue weighted by molar-refractivity contribution is 0.0734. The van der Waals surface area contributed by atoms with Crippen LogP contribution in [0.25, 0.3) is 10.8 Å². The van der Waals surface area contributed by atoms with Gasteiger partial charge in [-0.2, -0.15) is 5.10 Å². The highest BCUT2D eigenvalue weighted by Gasteiger charge is 2.09. The summed E-state index contributed by atoms with van der Waals surface area (Å²) in [5, 5.41) is 5.91. The zero-order valence-electron chi connectivity index (χ0n) is 16.9. The van der Waals surface area contributed by atoms with Gasteiger partial charge in [-0.1, -0.05) is 54.1 Å². The lowest BCUT2D eigenvalue weighted by Gasteiger charge is -2.06. The first-order chi connectivity index (χ1) is 15.1. The third kappa shape index (κ3) is 4.85. The quantitative estimate of drug-likeness (QED) is 0.215. The van der Waals surface area contributed by atoms with Crippen LogP contribution in [0.4, 0.5) is 0 Å². The number of carbonyl (C=O) groups is 2. The maximum absolute atomic E-state index is 12.5. The first-order valence-corrected chi connectivity index (χ1v) is 9.80. The van der Waals surface area contributed by atoms with Gasteiger partial charge in [0.05, 0.1) is 11.8 Å². The van der Waals surface area contributed by atoms with Gasteiger partial charge < -0.3 is 4.74 Å². The molecule has 0 atom stereocenters. The molecule has 4 aromatic carbocycles. The molecule has 31 heavy (non-hydrogen) atoms. The smallest absolute Gasteiger partial charge is 0.343 e. The summed E-state index contributed by atoms with van der Waals surface area (Å²) in [6.07, 6.45) is 1.54. The van der Waals surface area contributed by atoms with Crippen molar-refractivity contribution in [3.8, 4) is 5.75 Å². The Hall–Kier alpha value is -4.25. The summed E-state index contributed by atoms with van der Waals surface area (Å²) in [6, 6.07) is 27.4. The number of hydrogen-bond acceptors (Lipinski definition) is 4. The Balaban J connectivity index is 1.38. The fraction of sp³-hybridized carbons (Fsp3) is 0.0385. The van der Waals surface area contributed by atoms with Crippen LogP contribution in [0.15, 0.2) is 96.1 Å².